The zero-order chi connectivity index (χ0) is 32.3. The third-order valence-corrected chi connectivity index (χ3v) is 9.27. The highest BCUT2D eigenvalue weighted by Gasteiger charge is 2.22. The maximum Gasteiger partial charge on any atom is 0.146 e. The maximum atomic E-state index is 5.49. The van der Waals surface area contributed by atoms with E-state index in [9.17, 15) is 0 Å². The summed E-state index contributed by atoms with van der Waals surface area (Å²) in [6, 6.07) is 58.8. The zero-order valence-electron chi connectivity index (χ0n) is 26.3. The van der Waals surface area contributed by atoms with Crippen LogP contribution in [-0.2, 0) is 0 Å². The van der Waals surface area contributed by atoms with E-state index in [1.54, 1.807) is 0 Å². The van der Waals surface area contributed by atoms with Gasteiger partial charge in [0.05, 0.1) is 38.8 Å². The van der Waals surface area contributed by atoms with Crippen molar-refractivity contribution in [3.05, 3.63) is 170 Å². The minimum Gasteiger partial charge on any atom is -0.309 e. The Labute approximate surface area is 281 Å². The minimum atomic E-state index is 0.763. The van der Waals surface area contributed by atoms with E-state index in [2.05, 4.69) is 159 Å². The van der Waals surface area contributed by atoms with Crippen molar-refractivity contribution in [3.63, 3.8) is 0 Å². The van der Waals surface area contributed by atoms with Crippen molar-refractivity contribution in [1.82, 2.24) is 28.7 Å². The quantitative estimate of drug-likeness (QED) is 0.191. The largest absolute Gasteiger partial charge is 0.309 e. The average Bonchev–Trinajstić information content (AvgIpc) is 3.86. The van der Waals surface area contributed by atoms with E-state index < -0.39 is 0 Å². The topological polar surface area (TPSA) is 53.5 Å². The van der Waals surface area contributed by atoms with Crippen LogP contribution >= 0.6 is 0 Å². The number of nitrogens with zero attached hydrogens (tertiary/aromatic N) is 6. The number of hydrogen-bond acceptors (Lipinski definition) is 3. The highest BCUT2D eigenvalue weighted by molar-refractivity contribution is 6.09. The van der Waals surface area contributed by atoms with Crippen LogP contribution in [0.3, 0.4) is 0 Å². The molecule has 0 atom stereocenters. The zero-order valence-corrected chi connectivity index (χ0v) is 26.3. The molecule has 49 heavy (non-hydrogen) atoms. The van der Waals surface area contributed by atoms with Crippen LogP contribution in [0.2, 0.25) is 0 Å². The number of aromatic nitrogens is 6. The van der Waals surface area contributed by atoms with Crippen LogP contribution in [0.15, 0.2) is 170 Å². The molecular weight excluding hydrogens is 601 g/mol. The fraction of sp³-hybridized carbons (Fsp3) is 0. The first-order valence-corrected chi connectivity index (χ1v) is 16.4. The summed E-state index contributed by atoms with van der Waals surface area (Å²) in [5.74, 6) is 3.19. The molecule has 0 aliphatic rings. The van der Waals surface area contributed by atoms with Crippen molar-refractivity contribution < 1.29 is 0 Å². The summed E-state index contributed by atoms with van der Waals surface area (Å²) in [5, 5.41) is 2.41. The Balaban J connectivity index is 1.35. The molecule has 0 spiro atoms. The monoisotopic (exact) mass is 628 g/mol. The van der Waals surface area contributed by atoms with E-state index in [0.717, 1.165) is 73.2 Å². The third kappa shape index (κ3) is 4.31. The average molecular weight is 629 g/mol. The molecular formula is C43H28N6. The predicted molar refractivity (Wildman–Crippen MR) is 199 cm³/mol. The van der Waals surface area contributed by atoms with Gasteiger partial charge in [0, 0.05) is 34.0 Å². The lowest BCUT2D eigenvalue weighted by molar-refractivity contribution is 0.960. The van der Waals surface area contributed by atoms with Gasteiger partial charge in [-0.15, -0.1) is 0 Å². The second kappa shape index (κ2) is 10.9. The van der Waals surface area contributed by atoms with Gasteiger partial charge in [-0.25, -0.2) is 15.0 Å². The summed E-state index contributed by atoms with van der Waals surface area (Å²) in [6.45, 7) is 0. The predicted octanol–water partition coefficient (Wildman–Crippen LogP) is 10.2. The highest BCUT2D eigenvalue weighted by Crippen LogP contribution is 2.36. The van der Waals surface area contributed by atoms with Gasteiger partial charge in [-0.1, -0.05) is 121 Å². The summed E-state index contributed by atoms with van der Waals surface area (Å²) >= 11 is 0. The van der Waals surface area contributed by atoms with E-state index in [4.69, 9.17) is 15.0 Å². The molecule has 10 rings (SSSR count). The number of benzene rings is 6. The Kier molecular flexibility index (Phi) is 6.08. The highest BCUT2D eigenvalue weighted by atomic mass is 15.2. The van der Waals surface area contributed by atoms with E-state index in [1.165, 1.54) is 10.8 Å². The smallest absolute Gasteiger partial charge is 0.146 e. The van der Waals surface area contributed by atoms with Crippen LogP contribution in [0.25, 0.3) is 84.0 Å². The van der Waals surface area contributed by atoms with Crippen LogP contribution in [0.1, 0.15) is 0 Å². The second-order valence-electron chi connectivity index (χ2n) is 12.2. The SMILES string of the molecule is c1ccc(-c2nc3ccccc3n2-c2cc(-n3c4ccccc4c4ccccc43)cc(-n3c(-c4ccccc4)nc4ccccc43)n2)cc1. The fourth-order valence-corrected chi connectivity index (χ4v) is 7.12. The molecule has 0 saturated heterocycles. The molecule has 10 aromatic rings. The summed E-state index contributed by atoms with van der Waals surface area (Å²) in [7, 11) is 0. The summed E-state index contributed by atoms with van der Waals surface area (Å²) in [6.07, 6.45) is 0. The van der Waals surface area contributed by atoms with Gasteiger partial charge in [0.25, 0.3) is 0 Å². The van der Waals surface area contributed by atoms with Gasteiger partial charge in [0.15, 0.2) is 0 Å². The van der Waals surface area contributed by atoms with E-state index >= 15 is 0 Å². The number of rotatable bonds is 5. The van der Waals surface area contributed by atoms with Crippen LogP contribution in [0.5, 0.6) is 0 Å². The molecule has 0 aliphatic carbocycles. The molecule has 0 unspecified atom stereocenters. The Morgan fingerprint density at radius 3 is 1.18 bits per heavy atom. The Morgan fingerprint density at radius 2 is 0.714 bits per heavy atom. The molecule has 0 fully saturated rings. The van der Waals surface area contributed by atoms with Crippen molar-refractivity contribution in [2.75, 3.05) is 0 Å². The number of imidazole rings is 2. The summed E-state index contributed by atoms with van der Waals surface area (Å²) in [5.41, 5.74) is 9.07. The number of hydrogen-bond donors (Lipinski definition) is 0. The summed E-state index contributed by atoms with van der Waals surface area (Å²) in [4.78, 5) is 15.8. The molecule has 0 saturated carbocycles. The minimum absolute atomic E-state index is 0.763. The van der Waals surface area contributed by atoms with Crippen molar-refractivity contribution in [3.8, 4) is 40.1 Å². The third-order valence-electron chi connectivity index (χ3n) is 9.27. The van der Waals surface area contributed by atoms with Gasteiger partial charge in [0.2, 0.25) is 0 Å². The molecule has 0 radical (unpaired) electrons. The Hall–Kier alpha value is -6.79. The molecule has 6 aromatic carbocycles. The van der Waals surface area contributed by atoms with Crippen LogP contribution in [0, 0.1) is 0 Å². The standard InChI is InChI=1S/C43H28N6/c1-3-15-29(16-4-1)42-44-34-21-9-13-25-38(34)48(42)40-27-31(47-36-23-11-7-19-32(36)33-20-8-12-24-37(33)47)28-41(46-40)49-39-26-14-10-22-35(39)45-43(49)30-17-5-2-6-18-30/h1-28H. The summed E-state index contributed by atoms with van der Waals surface area (Å²) < 4.78 is 6.72. The van der Waals surface area contributed by atoms with E-state index in [1.807, 2.05) is 24.3 Å². The molecule has 0 amide bonds. The Morgan fingerprint density at radius 1 is 0.327 bits per heavy atom. The van der Waals surface area contributed by atoms with Gasteiger partial charge >= 0.3 is 0 Å². The van der Waals surface area contributed by atoms with Gasteiger partial charge < -0.3 is 4.57 Å². The van der Waals surface area contributed by atoms with Gasteiger partial charge in [-0.05, 0) is 36.4 Å². The first-order chi connectivity index (χ1) is 24.3. The van der Waals surface area contributed by atoms with Crippen LogP contribution in [0.4, 0.5) is 0 Å². The molecule has 0 bridgehead atoms. The van der Waals surface area contributed by atoms with Crippen molar-refractivity contribution in [1.29, 1.82) is 0 Å². The molecule has 6 heteroatoms. The number of fused-ring (bicyclic) bond motifs is 5. The van der Waals surface area contributed by atoms with Gasteiger partial charge in [0.1, 0.15) is 23.3 Å². The van der Waals surface area contributed by atoms with Crippen molar-refractivity contribution >= 4 is 43.9 Å². The molecule has 6 nitrogen and oxygen atoms in total. The second-order valence-corrected chi connectivity index (χ2v) is 12.2. The lowest BCUT2D eigenvalue weighted by Gasteiger charge is -2.17. The van der Waals surface area contributed by atoms with Crippen LogP contribution in [-0.4, -0.2) is 28.7 Å². The Bertz CT molecular complexity index is 2640. The van der Waals surface area contributed by atoms with Crippen molar-refractivity contribution in [2.45, 2.75) is 0 Å². The van der Waals surface area contributed by atoms with Crippen LogP contribution < -0.4 is 0 Å². The number of para-hydroxylation sites is 6. The van der Waals surface area contributed by atoms with Gasteiger partial charge in [-0.2, -0.15) is 0 Å². The van der Waals surface area contributed by atoms with E-state index in [-0.39, 0.29) is 0 Å². The lowest BCUT2D eigenvalue weighted by Crippen LogP contribution is -2.08. The maximum absolute atomic E-state index is 5.49. The first kappa shape index (κ1) is 27.3. The molecule has 0 aliphatic heterocycles. The first-order valence-electron chi connectivity index (χ1n) is 16.4. The van der Waals surface area contributed by atoms with E-state index in [0.29, 0.717) is 0 Å². The molecule has 0 N–H and O–H groups in total. The van der Waals surface area contributed by atoms with Gasteiger partial charge in [-0.3, -0.25) is 9.13 Å². The fourth-order valence-electron chi connectivity index (χ4n) is 7.12. The molecule has 4 heterocycles. The normalized spacial score (nSPS) is 11.7. The number of pyridine rings is 1. The molecule has 4 aromatic heterocycles. The molecule has 230 valence electrons. The lowest BCUT2D eigenvalue weighted by atomic mass is 10.2. The van der Waals surface area contributed by atoms with Crippen molar-refractivity contribution in [2.24, 2.45) is 0 Å².